The highest BCUT2D eigenvalue weighted by Gasteiger charge is 2.30. The van der Waals surface area contributed by atoms with Gasteiger partial charge in [-0.05, 0) is 20.3 Å². The Hall–Kier alpha value is -1.10. The third kappa shape index (κ3) is 3.48. The van der Waals surface area contributed by atoms with E-state index in [1.807, 2.05) is 6.92 Å². The van der Waals surface area contributed by atoms with Crippen molar-refractivity contribution < 1.29 is 19.1 Å². The lowest BCUT2D eigenvalue weighted by molar-refractivity contribution is -0.149. The number of esters is 1. The normalized spacial score (nSPS) is 24.2. The zero-order chi connectivity index (χ0) is 12.1. The van der Waals surface area contributed by atoms with Crippen molar-refractivity contribution in [2.45, 2.75) is 26.4 Å². The van der Waals surface area contributed by atoms with Crippen LogP contribution in [-0.2, 0) is 19.1 Å². The molecule has 2 unspecified atom stereocenters. The van der Waals surface area contributed by atoms with Gasteiger partial charge in [-0.2, -0.15) is 0 Å². The first-order chi connectivity index (χ1) is 7.54. The fourth-order valence-corrected chi connectivity index (χ4v) is 1.78. The van der Waals surface area contributed by atoms with Gasteiger partial charge in [0, 0.05) is 7.05 Å². The Morgan fingerprint density at radius 2 is 2.19 bits per heavy atom. The first-order valence-electron chi connectivity index (χ1n) is 5.56. The summed E-state index contributed by atoms with van der Waals surface area (Å²) in [6.07, 6.45) is 0.858. The Balaban J connectivity index is 2.38. The Morgan fingerprint density at radius 3 is 2.69 bits per heavy atom. The number of hydrogen-bond donors (Lipinski definition) is 0. The molecule has 0 saturated carbocycles. The fraction of sp³-hybridized carbons (Fsp3) is 0.818. The van der Waals surface area contributed by atoms with E-state index in [0.29, 0.717) is 13.2 Å². The highest BCUT2D eigenvalue weighted by Crippen LogP contribution is 2.20. The molecule has 0 N–H and O–H groups in total. The lowest BCUT2D eigenvalue weighted by Crippen LogP contribution is -2.37. The summed E-state index contributed by atoms with van der Waals surface area (Å²) >= 11 is 0. The zero-order valence-electron chi connectivity index (χ0n) is 10.1. The van der Waals surface area contributed by atoms with Gasteiger partial charge < -0.3 is 14.4 Å². The van der Waals surface area contributed by atoms with Crippen molar-refractivity contribution in [3.63, 3.8) is 0 Å². The minimum Gasteiger partial charge on any atom is -0.465 e. The molecule has 0 radical (unpaired) electrons. The standard InChI is InChI=1S/C11H19NO4/c1-4-15-10(13)6-12(3)11(14)9-5-8(2)16-7-9/h8-9H,4-7H2,1-3H3. The summed E-state index contributed by atoms with van der Waals surface area (Å²) in [7, 11) is 1.61. The van der Waals surface area contributed by atoms with E-state index in [9.17, 15) is 9.59 Å². The van der Waals surface area contributed by atoms with E-state index in [-0.39, 0.29) is 30.4 Å². The van der Waals surface area contributed by atoms with Crippen LogP contribution in [0.15, 0.2) is 0 Å². The lowest BCUT2D eigenvalue weighted by Gasteiger charge is -2.19. The molecule has 1 amide bonds. The maximum Gasteiger partial charge on any atom is 0.325 e. The van der Waals surface area contributed by atoms with Crippen molar-refractivity contribution >= 4 is 11.9 Å². The number of carbonyl (C=O) groups is 2. The quantitative estimate of drug-likeness (QED) is 0.656. The van der Waals surface area contributed by atoms with Gasteiger partial charge in [0.25, 0.3) is 0 Å². The lowest BCUT2D eigenvalue weighted by atomic mass is 10.1. The van der Waals surface area contributed by atoms with E-state index in [2.05, 4.69) is 0 Å². The predicted octanol–water partition coefficient (Wildman–Crippen LogP) is 0.433. The van der Waals surface area contributed by atoms with Crippen molar-refractivity contribution in [2.75, 3.05) is 26.8 Å². The van der Waals surface area contributed by atoms with Crippen LogP contribution in [0.25, 0.3) is 0 Å². The fourth-order valence-electron chi connectivity index (χ4n) is 1.78. The van der Waals surface area contributed by atoms with Gasteiger partial charge in [0.1, 0.15) is 6.54 Å². The summed E-state index contributed by atoms with van der Waals surface area (Å²) in [5, 5.41) is 0. The Labute approximate surface area is 95.7 Å². The SMILES string of the molecule is CCOC(=O)CN(C)C(=O)C1COC(C)C1. The van der Waals surface area contributed by atoms with Crippen molar-refractivity contribution in [3.05, 3.63) is 0 Å². The van der Waals surface area contributed by atoms with Crippen molar-refractivity contribution in [2.24, 2.45) is 5.92 Å². The maximum absolute atomic E-state index is 11.9. The van der Waals surface area contributed by atoms with E-state index in [4.69, 9.17) is 9.47 Å². The molecule has 0 aromatic carbocycles. The molecule has 1 fully saturated rings. The van der Waals surface area contributed by atoms with E-state index >= 15 is 0 Å². The van der Waals surface area contributed by atoms with Crippen LogP contribution in [0.1, 0.15) is 20.3 Å². The van der Waals surface area contributed by atoms with Crippen LogP contribution in [0.5, 0.6) is 0 Å². The number of carbonyl (C=O) groups excluding carboxylic acids is 2. The monoisotopic (exact) mass is 229 g/mol. The molecule has 0 aliphatic carbocycles. The minimum atomic E-state index is -0.370. The number of amides is 1. The second-order valence-corrected chi connectivity index (χ2v) is 4.08. The molecule has 0 bridgehead atoms. The number of rotatable bonds is 4. The number of nitrogens with zero attached hydrogens (tertiary/aromatic N) is 1. The van der Waals surface area contributed by atoms with Crippen LogP contribution in [-0.4, -0.2) is 49.7 Å². The molecule has 0 aromatic rings. The number of likely N-dealkylation sites (N-methyl/N-ethyl adjacent to an activating group) is 1. The van der Waals surface area contributed by atoms with Crippen LogP contribution in [0, 0.1) is 5.92 Å². The number of ether oxygens (including phenoxy) is 2. The van der Waals surface area contributed by atoms with Gasteiger partial charge >= 0.3 is 5.97 Å². The molecule has 1 saturated heterocycles. The predicted molar refractivity (Wildman–Crippen MR) is 57.8 cm³/mol. The largest absolute Gasteiger partial charge is 0.465 e. The van der Waals surface area contributed by atoms with Crippen molar-refractivity contribution in [3.8, 4) is 0 Å². The van der Waals surface area contributed by atoms with Crippen LogP contribution in [0.4, 0.5) is 0 Å². The average Bonchev–Trinajstić information content (AvgIpc) is 2.64. The van der Waals surface area contributed by atoms with Crippen molar-refractivity contribution in [1.82, 2.24) is 4.90 Å². The van der Waals surface area contributed by atoms with Gasteiger partial charge in [-0.1, -0.05) is 0 Å². The van der Waals surface area contributed by atoms with Crippen LogP contribution in [0.2, 0.25) is 0 Å². The van der Waals surface area contributed by atoms with E-state index < -0.39 is 0 Å². The molecule has 2 atom stereocenters. The molecule has 16 heavy (non-hydrogen) atoms. The summed E-state index contributed by atoms with van der Waals surface area (Å²) in [6, 6.07) is 0. The van der Waals surface area contributed by atoms with Crippen LogP contribution in [0.3, 0.4) is 0 Å². The van der Waals surface area contributed by atoms with Gasteiger partial charge in [0.15, 0.2) is 0 Å². The highest BCUT2D eigenvalue weighted by molar-refractivity contribution is 5.83. The summed E-state index contributed by atoms with van der Waals surface area (Å²) in [5.41, 5.74) is 0. The smallest absolute Gasteiger partial charge is 0.325 e. The van der Waals surface area contributed by atoms with Gasteiger partial charge in [0.05, 0.1) is 25.2 Å². The van der Waals surface area contributed by atoms with E-state index in [1.165, 1.54) is 4.90 Å². The van der Waals surface area contributed by atoms with Crippen LogP contribution < -0.4 is 0 Å². The third-order valence-electron chi connectivity index (χ3n) is 2.60. The number of hydrogen-bond acceptors (Lipinski definition) is 4. The molecule has 1 heterocycles. The van der Waals surface area contributed by atoms with Gasteiger partial charge in [-0.3, -0.25) is 9.59 Å². The third-order valence-corrected chi connectivity index (χ3v) is 2.60. The molecule has 1 rings (SSSR count). The molecule has 0 aromatic heterocycles. The minimum absolute atomic E-state index is 0.0115. The van der Waals surface area contributed by atoms with E-state index in [0.717, 1.165) is 6.42 Å². The molecule has 5 heteroatoms. The Bertz CT molecular complexity index is 267. The molecule has 1 aliphatic rings. The summed E-state index contributed by atoms with van der Waals surface area (Å²) in [6.45, 7) is 4.49. The molecule has 5 nitrogen and oxygen atoms in total. The second kappa shape index (κ2) is 5.84. The van der Waals surface area contributed by atoms with Crippen LogP contribution >= 0.6 is 0 Å². The van der Waals surface area contributed by atoms with E-state index in [1.54, 1.807) is 14.0 Å². The molecule has 92 valence electrons. The zero-order valence-corrected chi connectivity index (χ0v) is 10.1. The summed E-state index contributed by atoms with van der Waals surface area (Å²) in [5.74, 6) is -0.530. The maximum atomic E-state index is 11.9. The average molecular weight is 229 g/mol. The topological polar surface area (TPSA) is 55.8 Å². The molecular formula is C11H19NO4. The molecule has 1 aliphatic heterocycles. The summed E-state index contributed by atoms with van der Waals surface area (Å²) in [4.78, 5) is 24.5. The first kappa shape index (κ1) is 13.0. The first-order valence-corrected chi connectivity index (χ1v) is 5.56. The molecule has 0 spiro atoms. The van der Waals surface area contributed by atoms with Gasteiger partial charge in [-0.25, -0.2) is 0 Å². The Kier molecular flexibility index (Phi) is 4.73. The van der Waals surface area contributed by atoms with Gasteiger partial charge in [-0.15, -0.1) is 0 Å². The van der Waals surface area contributed by atoms with Crippen molar-refractivity contribution in [1.29, 1.82) is 0 Å². The highest BCUT2D eigenvalue weighted by atomic mass is 16.5. The Morgan fingerprint density at radius 1 is 1.50 bits per heavy atom. The molecular weight excluding hydrogens is 210 g/mol. The second-order valence-electron chi connectivity index (χ2n) is 4.08. The van der Waals surface area contributed by atoms with Gasteiger partial charge in [0.2, 0.25) is 5.91 Å². The summed E-state index contributed by atoms with van der Waals surface area (Å²) < 4.78 is 10.1.